The van der Waals surface area contributed by atoms with Gasteiger partial charge in [0.15, 0.2) is 6.10 Å². The number of carbonyl (C=O) groups is 1. The summed E-state index contributed by atoms with van der Waals surface area (Å²) in [4.78, 5) is 10.9. The lowest BCUT2D eigenvalue weighted by Gasteiger charge is -2.15. The second-order valence-electron chi connectivity index (χ2n) is 4.90. The van der Waals surface area contributed by atoms with Crippen LogP contribution in [0.3, 0.4) is 0 Å². The fraction of sp³-hybridized carbons (Fsp3) is 0.235. The largest absolute Gasteiger partial charge is 0.479 e. The van der Waals surface area contributed by atoms with E-state index < -0.39 is 12.1 Å². The van der Waals surface area contributed by atoms with E-state index in [9.17, 15) is 4.79 Å². The molecule has 4 nitrogen and oxygen atoms in total. The van der Waals surface area contributed by atoms with Crippen LogP contribution < -0.4 is 9.47 Å². The Kier molecular flexibility index (Phi) is 5.74. The quantitative estimate of drug-likeness (QED) is 0.774. The van der Waals surface area contributed by atoms with Crippen LogP contribution in [-0.4, -0.2) is 17.2 Å². The van der Waals surface area contributed by atoms with Gasteiger partial charge in [-0.05, 0) is 55.3 Å². The lowest BCUT2D eigenvalue weighted by Crippen LogP contribution is -2.23. The van der Waals surface area contributed by atoms with E-state index in [1.807, 2.05) is 6.92 Å². The molecule has 0 spiro atoms. The number of aliphatic carboxylic acids is 1. The van der Waals surface area contributed by atoms with Crippen molar-refractivity contribution >= 4 is 29.2 Å². The van der Waals surface area contributed by atoms with Crippen LogP contribution >= 0.6 is 23.2 Å². The fourth-order valence-electron chi connectivity index (χ4n) is 1.94. The Labute approximate surface area is 144 Å². The molecule has 0 aliphatic heterocycles. The Hall–Kier alpha value is -1.91. The molecular weight excluding hydrogens is 339 g/mol. The predicted octanol–water partition coefficient (Wildman–Crippen LogP) is 5.20. The van der Waals surface area contributed by atoms with Crippen molar-refractivity contribution in [1.29, 1.82) is 0 Å². The first kappa shape index (κ1) is 17.4. The summed E-state index contributed by atoms with van der Waals surface area (Å²) in [7, 11) is 0. The van der Waals surface area contributed by atoms with Crippen molar-refractivity contribution in [3.63, 3.8) is 0 Å². The van der Waals surface area contributed by atoms with Gasteiger partial charge in [0.2, 0.25) is 0 Å². The number of carboxylic acid groups (broad SMARTS) is 1. The highest BCUT2D eigenvalue weighted by atomic mass is 35.5. The smallest absolute Gasteiger partial charge is 0.344 e. The van der Waals surface area contributed by atoms with Crippen LogP contribution in [0.4, 0.5) is 0 Å². The van der Waals surface area contributed by atoms with Gasteiger partial charge in [0.1, 0.15) is 17.2 Å². The van der Waals surface area contributed by atoms with Crippen LogP contribution in [0.1, 0.15) is 19.4 Å². The lowest BCUT2D eigenvalue weighted by molar-refractivity contribution is -0.144. The van der Waals surface area contributed by atoms with E-state index in [0.29, 0.717) is 33.7 Å². The van der Waals surface area contributed by atoms with E-state index in [0.717, 1.165) is 5.56 Å². The number of ether oxygens (including phenoxy) is 2. The van der Waals surface area contributed by atoms with Crippen molar-refractivity contribution in [2.45, 2.75) is 26.4 Å². The van der Waals surface area contributed by atoms with E-state index in [2.05, 4.69) is 0 Å². The van der Waals surface area contributed by atoms with Gasteiger partial charge in [0, 0.05) is 5.02 Å². The number of hydrogen-bond acceptors (Lipinski definition) is 3. The van der Waals surface area contributed by atoms with Crippen molar-refractivity contribution in [1.82, 2.24) is 0 Å². The van der Waals surface area contributed by atoms with Gasteiger partial charge >= 0.3 is 5.97 Å². The zero-order valence-electron chi connectivity index (χ0n) is 12.7. The molecule has 0 heterocycles. The molecule has 6 heteroatoms. The molecule has 2 aromatic rings. The van der Waals surface area contributed by atoms with E-state index in [1.54, 1.807) is 36.4 Å². The molecule has 1 unspecified atom stereocenters. The highest BCUT2D eigenvalue weighted by molar-refractivity contribution is 6.35. The average molecular weight is 355 g/mol. The second-order valence-corrected chi connectivity index (χ2v) is 5.74. The van der Waals surface area contributed by atoms with Gasteiger partial charge < -0.3 is 14.6 Å². The Morgan fingerprint density at radius 3 is 2.48 bits per heavy atom. The van der Waals surface area contributed by atoms with Crippen LogP contribution in [-0.2, 0) is 11.2 Å². The van der Waals surface area contributed by atoms with Crippen molar-refractivity contribution in [3.8, 4) is 17.2 Å². The standard InChI is InChI=1S/C17H16Cl2O4/c1-3-11-8-13(5-7-15(11)22-10(2)17(20)21)23-16-6-4-12(18)9-14(16)19/h4-10H,3H2,1-2H3,(H,20,21). The Morgan fingerprint density at radius 2 is 1.87 bits per heavy atom. The highest BCUT2D eigenvalue weighted by Gasteiger charge is 2.15. The summed E-state index contributed by atoms with van der Waals surface area (Å²) in [5.74, 6) is 0.587. The maximum absolute atomic E-state index is 10.9. The van der Waals surface area contributed by atoms with Crippen LogP contribution in [0, 0.1) is 0 Å². The molecule has 0 aliphatic carbocycles. The normalized spacial score (nSPS) is 11.8. The van der Waals surface area contributed by atoms with Crippen LogP contribution in [0.15, 0.2) is 36.4 Å². The molecule has 0 saturated heterocycles. The molecule has 2 rings (SSSR count). The number of aryl methyl sites for hydroxylation is 1. The van der Waals surface area contributed by atoms with E-state index in [4.69, 9.17) is 37.8 Å². The van der Waals surface area contributed by atoms with Gasteiger partial charge in [0.05, 0.1) is 5.02 Å². The zero-order chi connectivity index (χ0) is 17.0. The van der Waals surface area contributed by atoms with Crippen molar-refractivity contribution < 1.29 is 19.4 Å². The third kappa shape index (κ3) is 4.53. The molecular formula is C17H16Cl2O4. The molecule has 1 N–H and O–H groups in total. The van der Waals surface area contributed by atoms with Gasteiger partial charge in [-0.25, -0.2) is 4.79 Å². The summed E-state index contributed by atoms with van der Waals surface area (Å²) < 4.78 is 11.2. The average Bonchev–Trinajstić information content (AvgIpc) is 2.51. The minimum Gasteiger partial charge on any atom is -0.479 e. The van der Waals surface area contributed by atoms with Crippen LogP contribution in [0.25, 0.3) is 0 Å². The molecule has 0 amide bonds. The first-order valence-corrected chi connectivity index (χ1v) is 7.81. The first-order valence-electron chi connectivity index (χ1n) is 7.06. The summed E-state index contributed by atoms with van der Waals surface area (Å²) in [6.45, 7) is 3.44. The number of benzene rings is 2. The van der Waals surface area contributed by atoms with Gasteiger partial charge in [-0.15, -0.1) is 0 Å². The van der Waals surface area contributed by atoms with Gasteiger partial charge in [-0.2, -0.15) is 0 Å². The molecule has 23 heavy (non-hydrogen) atoms. The van der Waals surface area contributed by atoms with Crippen molar-refractivity contribution in [3.05, 3.63) is 52.0 Å². The topological polar surface area (TPSA) is 55.8 Å². The molecule has 1 atom stereocenters. The number of rotatable bonds is 6. The van der Waals surface area contributed by atoms with Gasteiger partial charge in [-0.3, -0.25) is 0 Å². The summed E-state index contributed by atoms with van der Waals surface area (Å²) in [5, 5.41) is 9.88. The van der Waals surface area contributed by atoms with E-state index in [1.165, 1.54) is 6.92 Å². The SMILES string of the molecule is CCc1cc(Oc2ccc(Cl)cc2Cl)ccc1OC(C)C(=O)O. The zero-order valence-corrected chi connectivity index (χ0v) is 14.2. The van der Waals surface area contributed by atoms with Gasteiger partial charge in [0.25, 0.3) is 0 Å². The Bertz CT molecular complexity index is 716. The summed E-state index contributed by atoms with van der Waals surface area (Å²) >= 11 is 11.9. The number of halogens is 2. The van der Waals surface area contributed by atoms with E-state index >= 15 is 0 Å². The maximum Gasteiger partial charge on any atom is 0.344 e. The van der Waals surface area contributed by atoms with Crippen LogP contribution in [0.2, 0.25) is 10.0 Å². The molecule has 0 saturated carbocycles. The van der Waals surface area contributed by atoms with Crippen LogP contribution in [0.5, 0.6) is 17.2 Å². The Balaban J connectivity index is 2.23. The summed E-state index contributed by atoms with van der Waals surface area (Å²) in [6.07, 6.45) is -0.245. The highest BCUT2D eigenvalue weighted by Crippen LogP contribution is 2.33. The molecule has 0 fully saturated rings. The third-order valence-electron chi connectivity index (χ3n) is 3.19. The molecule has 0 aliphatic rings. The predicted molar refractivity (Wildman–Crippen MR) is 90.1 cm³/mol. The summed E-state index contributed by atoms with van der Waals surface area (Å²) in [6, 6.07) is 10.2. The number of hydrogen-bond donors (Lipinski definition) is 1. The second kappa shape index (κ2) is 7.57. The maximum atomic E-state index is 10.9. The third-order valence-corrected chi connectivity index (χ3v) is 3.72. The molecule has 2 aromatic carbocycles. The first-order chi connectivity index (χ1) is 10.9. The molecule has 0 radical (unpaired) electrons. The van der Waals surface area contributed by atoms with E-state index in [-0.39, 0.29) is 0 Å². The summed E-state index contributed by atoms with van der Waals surface area (Å²) in [5.41, 5.74) is 0.848. The number of carboxylic acids is 1. The van der Waals surface area contributed by atoms with Crippen molar-refractivity contribution in [2.24, 2.45) is 0 Å². The fourth-order valence-corrected chi connectivity index (χ4v) is 2.38. The minimum absolute atomic E-state index is 0.412. The molecule has 0 aromatic heterocycles. The Morgan fingerprint density at radius 1 is 1.17 bits per heavy atom. The van der Waals surface area contributed by atoms with Crippen molar-refractivity contribution in [2.75, 3.05) is 0 Å². The minimum atomic E-state index is -1.01. The monoisotopic (exact) mass is 354 g/mol. The lowest BCUT2D eigenvalue weighted by atomic mass is 10.1. The molecule has 0 bridgehead atoms. The van der Waals surface area contributed by atoms with Gasteiger partial charge in [-0.1, -0.05) is 30.1 Å². The molecule has 122 valence electrons.